The Morgan fingerprint density at radius 2 is 2.20 bits per heavy atom. The van der Waals surface area contributed by atoms with Crippen molar-refractivity contribution < 1.29 is 18.9 Å². The third-order valence-corrected chi connectivity index (χ3v) is 1.92. The fourth-order valence-corrected chi connectivity index (χ4v) is 0.932. The van der Waals surface area contributed by atoms with Crippen molar-refractivity contribution in [2.45, 2.75) is 17.3 Å². The van der Waals surface area contributed by atoms with Gasteiger partial charge in [0.1, 0.15) is 0 Å². The van der Waals surface area contributed by atoms with Crippen molar-refractivity contribution in [1.82, 2.24) is 0 Å². The monoisotopic (exact) mass is 280 g/mol. The largest absolute Gasteiger partial charge is 0.469 e. The highest BCUT2D eigenvalue weighted by molar-refractivity contribution is 14.1. The van der Waals surface area contributed by atoms with Crippen LogP contribution in [0.5, 0.6) is 0 Å². The summed E-state index contributed by atoms with van der Waals surface area (Å²) < 4.78 is 14.7. The van der Waals surface area contributed by atoms with Gasteiger partial charge in [0.15, 0.2) is 0 Å². The third kappa shape index (κ3) is 8.84. The fraction of sp³-hybridized carbons (Fsp3) is 1.00. The van der Waals surface area contributed by atoms with E-state index in [2.05, 4.69) is 27.1 Å². The molecule has 0 heterocycles. The number of hydrogen-bond acceptors (Lipinski definition) is 2. The van der Waals surface area contributed by atoms with E-state index in [9.17, 15) is 4.57 Å². The van der Waals surface area contributed by atoms with Crippen molar-refractivity contribution in [2.75, 3.05) is 6.61 Å². The molecule has 0 aromatic carbocycles. The van der Waals surface area contributed by atoms with Crippen LogP contribution in [0.3, 0.4) is 0 Å². The first-order valence-electron chi connectivity index (χ1n) is 2.76. The minimum Gasteiger partial charge on any atom is -0.303 e. The van der Waals surface area contributed by atoms with Crippen molar-refractivity contribution in [3.8, 4) is 0 Å². The normalized spacial score (nSPS) is 15.2. The molecule has 0 aromatic rings. The Hall–Kier alpha value is 0.840. The van der Waals surface area contributed by atoms with Crippen LogP contribution in [0.25, 0.3) is 0 Å². The lowest BCUT2D eigenvalue weighted by Crippen LogP contribution is -1.98. The highest BCUT2D eigenvalue weighted by Crippen LogP contribution is 2.35. The molecule has 0 bridgehead atoms. The molecule has 0 amide bonds. The number of rotatable bonds is 4. The SMILES string of the molecule is CC(I)CCOP(=O)(O)O. The van der Waals surface area contributed by atoms with Gasteiger partial charge in [-0.05, 0) is 6.42 Å². The van der Waals surface area contributed by atoms with Crippen LogP contribution in [0.2, 0.25) is 0 Å². The molecule has 0 spiro atoms. The van der Waals surface area contributed by atoms with Crippen molar-refractivity contribution in [3.63, 3.8) is 0 Å². The highest BCUT2D eigenvalue weighted by Gasteiger charge is 2.12. The summed E-state index contributed by atoms with van der Waals surface area (Å²) in [7, 11) is -4.23. The topological polar surface area (TPSA) is 66.8 Å². The van der Waals surface area contributed by atoms with Gasteiger partial charge in [-0.3, -0.25) is 4.52 Å². The number of halogens is 1. The molecule has 1 atom stereocenters. The second kappa shape index (κ2) is 4.66. The van der Waals surface area contributed by atoms with E-state index >= 15 is 0 Å². The molecule has 0 rings (SSSR count). The van der Waals surface area contributed by atoms with Gasteiger partial charge in [0.2, 0.25) is 0 Å². The molecule has 0 radical (unpaired) electrons. The predicted octanol–water partition coefficient (Wildman–Crippen LogP) is 1.31. The van der Waals surface area contributed by atoms with Gasteiger partial charge in [-0.25, -0.2) is 4.57 Å². The molecule has 0 aliphatic carbocycles. The standard InChI is InChI=1S/C4H10IO4P/c1-4(5)2-3-9-10(6,7)8/h4H,2-3H2,1H3,(H2,6,7,8). The molecule has 6 heteroatoms. The summed E-state index contributed by atoms with van der Waals surface area (Å²) in [5, 5.41) is 0. The van der Waals surface area contributed by atoms with Crippen LogP contribution in [-0.4, -0.2) is 20.3 Å². The van der Waals surface area contributed by atoms with Crippen molar-refractivity contribution in [2.24, 2.45) is 0 Å². The Bertz CT molecular complexity index is 131. The molecule has 0 saturated carbocycles. The summed E-state index contributed by atoms with van der Waals surface area (Å²) in [6.45, 7) is 2.07. The molecular formula is C4H10IO4P. The summed E-state index contributed by atoms with van der Waals surface area (Å²) in [6, 6.07) is 0. The Balaban J connectivity index is 3.30. The molecule has 4 nitrogen and oxygen atoms in total. The summed E-state index contributed by atoms with van der Waals surface area (Å²) in [5.41, 5.74) is 0. The van der Waals surface area contributed by atoms with E-state index in [-0.39, 0.29) is 6.61 Å². The van der Waals surface area contributed by atoms with Gasteiger partial charge in [0.05, 0.1) is 6.61 Å². The zero-order chi connectivity index (χ0) is 8.20. The smallest absolute Gasteiger partial charge is 0.303 e. The van der Waals surface area contributed by atoms with Gasteiger partial charge in [0.25, 0.3) is 0 Å². The van der Waals surface area contributed by atoms with Crippen molar-refractivity contribution >= 4 is 30.4 Å². The Labute approximate surface area is 73.3 Å². The summed E-state index contributed by atoms with van der Waals surface area (Å²) in [5.74, 6) is 0. The lowest BCUT2D eigenvalue weighted by molar-refractivity contribution is 0.196. The van der Waals surface area contributed by atoms with Crippen LogP contribution in [-0.2, 0) is 9.09 Å². The lowest BCUT2D eigenvalue weighted by Gasteiger charge is -2.05. The van der Waals surface area contributed by atoms with Gasteiger partial charge < -0.3 is 9.79 Å². The van der Waals surface area contributed by atoms with E-state index in [0.29, 0.717) is 10.3 Å². The maximum absolute atomic E-state index is 10.1. The summed E-state index contributed by atoms with van der Waals surface area (Å²) >= 11 is 2.16. The lowest BCUT2D eigenvalue weighted by atomic mass is 10.4. The minimum absolute atomic E-state index is 0.119. The van der Waals surface area contributed by atoms with Gasteiger partial charge in [0, 0.05) is 3.92 Å². The van der Waals surface area contributed by atoms with E-state index in [1.807, 2.05) is 6.92 Å². The van der Waals surface area contributed by atoms with Crippen LogP contribution >= 0.6 is 30.4 Å². The maximum atomic E-state index is 10.1. The van der Waals surface area contributed by atoms with Gasteiger partial charge >= 0.3 is 7.82 Å². The first kappa shape index (κ1) is 10.8. The number of phosphoric ester groups is 1. The van der Waals surface area contributed by atoms with E-state index in [1.165, 1.54) is 0 Å². The highest BCUT2D eigenvalue weighted by atomic mass is 127. The van der Waals surface area contributed by atoms with E-state index < -0.39 is 7.82 Å². The van der Waals surface area contributed by atoms with Crippen LogP contribution in [0.15, 0.2) is 0 Å². The molecule has 0 aromatic heterocycles. The predicted molar refractivity (Wildman–Crippen MR) is 46.1 cm³/mol. The maximum Gasteiger partial charge on any atom is 0.469 e. The fourth-order valence-electron chi connectivity index (χ4n) is 0.334. The van der Waals surface area contributed by atoms with E-state index in [4.69, 9.17) is 9.79 Å². The van der Waals surface area contributed by atoms with Crippen LogP contribution in [0.1, 0.15) is 13.3 Å². The molecule has 2 N–H and O–H groups in total. The molecule has 0 aliphatic heterocycles. The number of alkyl halides is 1. The molecule has 0 fully saturated rings. The quantitative estimate of drug-likeness (QED) is 0.463. The van der Waals surface area contributed by atoms with Crippen molar-refractivity contribution in [3.05, 3.63) is 0 Å². The second-order valence-electron chi connectivity index (χ2n) is 1.89. The van der Waals surface area contributed by atoms with E-state index in [1.54, 1.807) is 0 Å². The minimum atomic E-state index is -4.23. The Morgan fingerprint density at radius 3 is 2.50 bits per heavy atom. The summed E-state index contributed by atoms with van der Waals surface area (Å²) in [6.07, 6.45) is 0.658. The Morgan fingerprint density at radius 1 is 1.70 bits per heavy atom. The van der Waals surface area contributed by atoms with Gasteiger partial charge in [-0.15, -0.1) is 0 Å². The molecule has 0 aliphatic rings. The molecule has 0 saturated heterocycles. The average molecular weight is 280 g/mol. The first-order valence-corrected chi connectivity index (χ1v) is 5.53. The number of phosphoric acid groups is 1. The molecular weight excluding hydrogens is 270 g/mol. The van der Waals surface area contributed by atoms with E-state index in [0.717, 1.165) is 0 Å². The van der Waals surface area contributed by atoms with Gasteiger partial charge in [-0.2, -0.15) is 0 Å². The van der Waals surface area contributed by atoms with Gasteiger partial charge in [-0.1, -0.05) is 29.5 Å². The van der Waals surface area contributed by atoms with Crippen LogP contribution in [0, 0.1) is 0 Å². The zero-order valence-electron chi connectivity index (χ0n) is 5.53. The van der Waals surface area contributed by atoms with Crippen molar-refractivity contribution in [1.29, 1.82) is 0 Å². The Kier molecular flexibility index (Phi) is 5.06. The zero-order valence-corrected chi connectivity index (χ0v) is 8.58. The molecule has 1 unspecified atom stereocenters. The molecule has 62 valence electrons. The first-order chi connectivity index (χ1) is 4.42. The average Bonchev–Trinajstić information content (AvgIpc) is 1.59. The number of hydrogen-bond donors (Lipinski definition) is 2. The molecule has 10 heavy (non-hydrogen) atoms. The van der Waals surface area contributed by atoms with Crippen LogP contribution < -0.4 is 0 Å². The van der Waals surface area contributed by atoms with Crippen LogP contribution in [0.4, 0.5) is 0 Å². The second-order valence-corrected chi connectivity index (χ2v) is 5.26. The summed E-state index contributed by atoms with van der Waals surface area (Å²) in [4.78, 5) is 16.4. The third-order valence-electron chi connectivity index (χ3n) is 0.775.